The average Bonchev–Trinajstić information content (AvgIpc) is 2.46. The number of carboxylic acids is 1. The number of nitrogens with two attached hydrogens (primary N) is 1. The molecule has 0 spiro atoms. The zero-order valence-corrected chi connectivity index (χ0v) is 13.7. The molecule has 0 aromatic heterocycles. The molecule has 0 rings (SSSR count). The third-order valence-electron chi connectivity index (χ3n) is 3.82. The number of rotatable bonds is 17. The van der Waals surface area contributed by atoms with E-state index in [4.69, 9.17) is 10.8 Å². The number of carbonyl (C=O) groups is 1. The van der Waals surface area contributed by atoms with E-state index in [0.717, 1.165) is 32.5 Å². The monoisotopic (exact) mass is 300 g/mol. The largest absolute Gasteiger partial charge is 0.481 e. The van der Waals surface area contributed by atoms with Crippen molar-refractivity contribution in [3.8, 4) is 0 Å². The van der Waals surface area contributed by atoms with Gasteiger partial charge in [-0.25, -0.2) is 0 Å². The molecule has 0 radical (unpaired) electrons. The summed E-state index contributed by atoms with van der Waals surface area (Å²) in [6, 6.07) is 0. The van der Waals surface area contributed by atoms with Crippen molar-refractivity contribution in [2.24, 2.45) is 5.73 Å². The van der Waals surface area contributed by atoms with Crippen molar-refractivity contribution in [1.82, 2.24) is 5.32 Å². The highest BCUT2D eigenvalue weighted by Gasteiger charge is 1.97. The van der Waals surface area contributed by atoms with Gasteiger partial charge in [0.1, 0.15) is 0 Å². The van der Waals surface area contributed by atoms with Crippen molar-refractivity contribution in [3.05, 3.63) is 0 Å². The fourth-order valence-corrected chi connectivity index (χ4v) is 2.52. The van der Waals surface area contributed by atoms with Gasteiger partial charge in [-0.1, -0.05) is 64.2 Å². The van der Waals surface area contributed by atoms with Crippen molar-refractivity contribution in [2.75, 3.05) is 19.6 Å². The van der Waals surface area contributed by atoms with Crippen LogP contribution in [0.5, 0.6) is 0 Å². The molecule has 0 aromatic rings. The van der Waals surface area contributed by atoms with E-state index in [1.807, 2.05) is 0 Å². The Morgan fingerprint density at radius 3 is 1.57 bits per heavy atom. The standard InChI is InChI=1S/C17H36N2O2/c18-14-16-19-15-12-10-8-6-4-2-1-3-5-7-9-11-13-17(20)21/h19H,1-16,18H2,(H,20,21). The Kier molecular flexibility index (Phi) is 16.9. The van der Waals surface area contributed by atoms with Crippen LogP contribution in [-0.4, -0.2) is 30.7 Å². The van der Waals surface area contributed by atoms with Gasteiger partial charge in [0.15, 0.2) is 0 Å². The molecule has 4 heteroatoms. The maximum absolute atomic E-state index is 10.3. The SMILES string of the molecule is NCCNCCCCCCCCCCCCCCC(=O)O. The number of aliphatic carboxylic acids is 1. The summed E-state index contributed by atoms with van der Waals surface area (Å²) >= 11 is 0. The lowest BCUT2D eigenvalue weighted by Gasteiger charge is -2.04. The van der Waals surface area contributed by atoms with Crippen molar-refractivity contribution in [1.29, 1.82) is 0 Å². The molecular formula is C17H36N2O2. The number of unbranched alkanes of at least 4 members (excludes halogenated alkanes) is 11. The van der Waals surface area contributed by atoms with Gasteiger partial charge in [0.05, 0.1) is 0 Å². The maximum atomic E-state index is 10.3. The van der Waals surface area contributed by atoms with Crippen LogP contribution in [0.25, 0.3) is 0 Å². The minimum absolute atomic E-state index is 0.335. The maximum Gasteiger partial charge on any atom is 0.303 e. The highest BCUT2D eigenvalue weighted by Crippen LogP contribution is 2.12. The van der Waals surface area contributed by atoms with Gasteiger partial charge in [0.25, 0.3) is 0 Å². The summed E-state index contributed by atoms with van der Waals surface area (Å²) in [4.78, 5) is 10.3. The number of carboxylic acid groups (broad SMARTS) is 1. The fourth-order valence-electron chi connectivity index (χ4n) is 2.52. The average molecular weight is 300 g/mol. The first-order valence-corrected chi connectivity index (χ1v) is 8.90. The predicted molar refractivity (Wildman–Crippen MR) is 89.6 cm³/mol. The molecule has 0 unspecified atom stereocenters. The van der Waals surface area contributed by atoms with E-state index in [2.05, 4.69) is 5.32 Å². The second kappa shape index (κ2) is 17.4. The summed E-state index contributed by atoms with van der Waals surface area (Å²) in [6.07, 6.45) is 15.5. The van der Waals surface area contributed by atoms with Gasteiger partial charge in [-0.15, -0.1) is 0 Å². The van der Waals surface area contributed by atoms with Crippen molar-refractivity contribution < 1.29 is 9.90 Å². The molecule has 4 nitrogen and oxygen atoms in total. The van der Waals surface area contributed by atoms with Crippen LogP contribution >= 0.6 is 0 Å². The van der Waals surface area contributed by atoms with Crippen LogP contribution in [0.4, 0.5) is 0 Å². The molecule has 0 fully saturated rings. The van der Waals surface area contributed by atoms with Gasteiger partial charge >= 0.3 is 5.97 Å². The Bertz CT molecular complexity index is 223. The van der Waals surface area contributed by atoms with Crippen LogP contribution in [0.15, 0.2) is 0 Å². The zero-order valence-electron chi connectivity index (χ0n) is 13.7. The lowest BCUT2D eigenvalue weighted by atomic mass is 10.0. The molecule has 126 valence electrons. The molecule has 4 N–H and O–H groups in total. The first-order valence-electron chi connectivity index (χ1n) is 8.90. The Labute approximate surface area is 130 Å². The first-order chi connectivity index (χ1) is 10.3. The molecule has 0 heterocycles. The van der Waals surface area contributed by atoms with Crippen molar-refractivity contribution in [2.45, 2.75) is 83.5 Å². The molecule has 0 aliphatic rings. The number of nitrogens with one attached hydrogen (secondary N) is 1. The zero-order chi connectivity index (χ0) is 15.6. The molecule has 0 saturated carbocycles. The summed E-state index contributed by atoms with van der Waals surface area (Å²) < 4.78 is 0. The number of hydrogen-bond acceptors (Lipinski definition) is 3. The Balaban J connectivity index is 2.95. The fraction of sp³-hybridized carbons (Fsp3) is 0.941. The molecule has 0 saturated heterocycles. The highest BCUT2D eigenvalue weighted by molar-refractivity contribution is 5.66. The Morgan fingerprint density at radius 1 is 0.714 bits per heavy atom. The van der Waals surface area contributed by atoms with Crippen LogP contribution in [0.1, 0.15) is 83.5 Å². The van der Waals surface area contributed by atoms with Crippen LogP contribution in [-0.2, 0) is 4.79 Å². The van der Waals surface area contributed by atoms with E-state index in [-0.39, 0.29) is 0 Å². The summed E-state index contributed by atoms with van der Waals surface area (Å²) in [7, 11) is 0. The normalized spacial score (nSPS) is 10.9. The molecule has 0 aliphatic heterocycles. The van der Waals surface area contributed by atoms with Gasteiger partial charge in [-0.05, 0) is 19.4 Å². The third-order valence-corrected chi connectivity index (χ3v) is 3.82. The van der Waals surface area contributed by atoms with Crippen molar-refractivity contribution >= 4 is 5.97 Å². The molecule has 0 amide bonds. The van der Waals surface area contributed by atoms with Crippen molar-refractivity contribution in [3.63, 3.8) is 0 Å². The smallest absolute Gasteiger partial charge is 0.303 e. The molecule has 0 bridgehead atoms. The molecular weight excluding hydrogens is 264 g/mol. The Morgan fingerprint density at radius 2 is 1.14 bits per heavy atom. The van der Waals surface area contributed by atoms with E-state index in [9.17, 15) is 4.79 Å². The van der Waals surface area contributed by atoms with Gasteiger partial charge in [0, 0.05) is 19.5 Å². The van der Waals surface area contributed by atoms with E-state index in [1.165, 1.54) is 64.2 Å². The predicted octanol–water partition coefficient (Wildman–Crippen LogP) is 3.69. The third kappa shape index (κ3) is 19.4. The number of hydrogen-bond donors (Lipinski definition) is 3. The van der Waals surface area contributed by atoms with Gasteiger partial charge < -0.3 is 16.2 Å². The Hall–Kier alpha value is -0.610. The summed E-state index contributed by atoms with van der Waals surface area (Å²) in [5.74, 6) is -0.662. The van der Waals surface area contributed by atoms with Gasteiger partial charge in [-0.3, -0.25) is 4.79 Å². The topological polar surface area (TPSA) is 75.3 Å². The van der Waals surface area contributed by atoms with Crippen LogP contribution in [0.2, 0.25) is 0 Å². The summed E-state index contributed by atoms with van der Waals surface area (Å²) in [6.45, 7) is 2.79. The molecule has 0 aromatic carbocycles. The molecule has 21 heavy (non-hydrogen) atoms. The minimum atomic E-state index is -0.662. The molecule has 0 aliphatic carbocycles. The first kappa shape index (κ1) is 20.4. The summed E-state index contributed by atoms with van der Waals surface area (Å²) in [5, 5.41) is 11.8. The van der Waals surface area contributed by atoms with Crippen LogP contribution in [0, 0.1) is 0 Å². The van der Waals surface area contributed by atoms with E-state index < -0.39 is 5.97 Å². The second-order valence-corrected chi connectivity index (χ2v) is 5.93. The van der Waals surface area contributed by atoms with Crippen LogP contribution < -0.4 is 11.1 Å². The van der Waals surface area contributed by atoms with Gasteiger partial charge in [-0.2, -0.15) is 0 Å². The van der Waals surface area contributed by atoms with Crippen LogP contribution in [0.3, 0.4) is 0 Å². The van der Waals surface area contributed by atoms with Gasteiger partial charge in [0.2, 0.25) is 0 Å². The minimum Gasteiger partial charge on any atom is -0.481 e. The quantitative estimate of drug-likeness (QED) is 0.358. The molecule has 0 atom stereocenters. The van der Waals surface area contributed by atoms with E-state index >= 15 is 0 Å². The van der Waals surface area contributed by atoms with E-state index in [1.54, 1.807) is 0 Å². The second-order valence-electron chi connectivity index (χ2n) is 5.93. The lowest BCUT2D eigenvalue weighted by Crippen LogP contribution is -2.23. The lowest BCUT2D eigenvalue weighted by molar-refractivity contribution is -0.137. The summed E-state index contributed by atoms with van der Waals surface area (Å²) in [5.41, 5.74) is 5.41. The van der Waals surface area contributed by atoms with E-state index in [0.29, 0.717) is 6.42 Å². The highest BCUT2D eigenvalue weighted by atomic mass is 16.4.